The van der Waals surface area contributed by atoms with Gasteiger partial charge in [-0.05, 0) is 36.4 Å². The number of hydrogen-bond donors (Lipinski definition) is 1. The van der Waals surface area contributed by atoms with Crippen LogP contribution in [-0.2, 0) is 6.18 Å². The minimum Gasteiger partial charge on any atom is -0.457 e. The van der Waals surface area contributed by atoms with E-state index in [0.29, 0.717) is 11.4 Å². The summed E-state index contributed by atoms with van der Waals surface area (Å²) in [5, 5.41) is 0. The Morgan fingerprint density at radius 3 is 2.11 bits per heavy atom. The molecule has 0 spiro atoms. The molecule has 0 saturated heterocycles. The number of hydrogen-bond acceptors (Lipinski definition) is 2. The lowest BCUT2D eigenvalue weighted by molar-refractivity contribution is -0.138. The highest BCUT2D eigenvalue weighted by molar-refractivity contribution is 5.44. The van der Waals surface area contributed by atoms with Crippen LogP contribution < -0.4 is 10.5 Å². The molecule has 0 unspecified atom stereocenters. The summed E-state index contributed by atoms with van der Waals surface area (Å²) < 4.78 is 43.4. The Morgan fingerprint density at radius 2 is 1.50 bits per heavy atom. The maximum Gasteiger partial charge on any atom is 0.419 e. The summed E-state index contributed by atoms with van der Waals surface area (Å²) in [6, 6.07) is 11.2. The molecule has 0 bridgehead atoms. The zero-order valence-electron chi connectivity index (χ0n) is 9.24. The van der Waals surface area contributed by atoms with Crippen molar-refractivity contribution in [2.45, 2.75) is 6.18 Å². The Balaban J connectivity index is 2.32. The highest BCUT2D eigenvalue weighted by atomic mass is 19.4. The summed E-state index contributed by atoms with van der Waals surface area (Å²) in [5.74, 6) is 0.0793. The van der Waals surface area contributed by atoms with Crippen LogP contribution in [0.2, 0.25) is 0 Å². The Kier molecular flexibility index (Phi) is 3.14. The van der Waals surface area contributed by atoms with Crippen molar-refractivity contribution >= 4 is 5.69 Å². The zero-order chi connectivity index (χ0) is 13.2. The third-order valence-electron chi connectivity index (χ3n) is 2.30. The maximum atomic E-state index is 12.7. The van der Waals surface area contributed by atoms with E-state index >= 15 is 0 Å². The van der Waals surface area contributed by atoms with Crippen LogP contribution in [0.15, 0.2) is 48.5 Å². The Labute approximate surface area is 102 Å². The van der Waals surface area contributed by atoms with E-state index in [1.165, 1.54) is 30.3 Å². The second kappa shape index (κ2) is 4.60. The van der Waals surface area contributed by atoms with Gasteiger partial charge in [-0.15, -0.1) is 0 Å². The summed E-state index contributed by atoms with van der Waals surface area (Å²) >= 11 is 0. The van der Waals surface area contributed by atoms with Crippen LogP contribution in [0.1, 0.15) is 5.56 Å². The first-order chi connectivity index (χ1) is 8.47. The second-order valence-electron chi connectivity index (χ2n) is 3.67. The third kappa shape index (κ3) is 2.74. The number of rotatable bonds is 2. The number of halogens is 3. The molecule has 0 saturated carbocycles. The van der Waals surface area contributed by atoms with Crippen LogP contribution in [-0.4, -0.2) is 0 Å². The molecule has 2 N–H and O–H groups in total. The molecule has 0 heterocycles. The molecule has 0 radical (unpaired) electrons. The molecule has 2 aromatic rings. The Bertz CT molecular complexity index is 535. The van der Waals surface area contributed by atoms with Gasteiger partial charge in [0.2, 0.25) is 0 Å². The van der Waals surface area contributed by atoms with E-state index in [9.17, 15) is 13.2 Å². The summed E-state index contributed by atoms with van der Waals surface area (Å²) in [6.45, 7) is 0. The SMILES string of the molecule is Nc1ccc(Oc2ccccc2C(F)(F)F)cc1. The molecular weight excluding hydrogens is 243 g/mol. The number of nitrogens with two attached hydrogens (primary N) is 1. The van der Waals surface area contributed by atoms with Gasteiger partial charge in [0.05, 0.1) is 5.56 Å². The maximum absolute atomic E-state index is 12.7. The lowest BCUT2D eigenvalue weighted by Crippen LogP contribution is -2.06. The first kappa shape index (κ1) is 12.3. The van der Waals surface area contributed by atoms with Crippen molar-refractivity contribution in [3.63, 3.8) is 0 Å². The fourth-order valence-corrected chi connectivity index (χ4v) is 1.45. The smallest absolute Gasteiger partial charge is 0.419 e. The molecule has 18 heavy (non-hydrogen) atoms. The van der Waals surface area contributed by atoms with E-state index in [0.717, 1.165) is 6.07 Å². The van der Waals surface area contributed by atoms with Crippen LogP contribution in [0.25, 0.3) is 0 Å². The molecule has 5 heteroatoms. The number of benzene rings is 2. The van der Waals surface area contributed by atoms with Gasteiger partial charge in [-0.25, -0.2) is 0 Å². The van der Waals surface area contributed by atoms with Gasteiger partial charge in [-0.3, -0.25) is 0 Å². The molecule has 0 atom stereocenters. The molecule has 0 aliphatic carbocycles. The molecule has 94 valence electrons. The number of alkyl halides is 3. The molecule has 0 aromatic heterocycles. The standard InChI is InChI=1S/C13H10F3NO/c14-13(15,16)11-3-1-2-4-12(11)18-10-7-5-9(17)6-8-10/h1-8H,17H2. The van der Waals surface area contributed by atoms with Crippen molar-refractivity contribution in [1.82, 2.24) is 0 Å². The number of ether oxygens (including phenoxy) is 1. The van der Waals surface area contributed by atoms with Crippen molar-refractivity contribution in [3.05, 3.63) is 54.1 Å². The molecule has 2 aromatic carbocycles. The molecule has 0 amide bonds. The van der Waals surface area contributed by atoms with Crippen LogP contribution in [0, 0.1) is 0 Å². The first-order valence-corrected chi connectivity index (χ1v) is 5.16. The summed E-state index contributed by atoms with van der Waals surface area (Å²) in [6.07, 6.45) is -4.44. The van der Waals surface area contributed by atoms with Gasteiger partial charge in [0.15, 0.2) is 0 Å². The van der Waals surface area contributed by atoms with Crippen molar-refractivity contribution in [1.29, 1.82) is 0 Å². The number of para-hydroxylation sites is 1. The zero-order valence-corrected chi connectivity index (χ0v) is 9.24. The minimum absolute atomic E-state index is 0.227. The van der Waals surface area contributed by atoms with E-state index in [4.69, 9.17) is 10.5 Å². The second-order valence-corrected chi connectivity index (χ2v) is 3.67. The van der Waals surface area contributed by atoms with Crippen molar-refractivity contribution in [3.8, 4) is 11.5 Å². The third-order valence-corrected chi connectivity index (χ3v) is 2.30. The van der Waals surface area contributed by atoms with Gasteiger partial charge in [0.25, 0.3) is 0 Å². The van der Waals surface area contributed by atoms with Crippen molar-refractivity contribution < 1.29 is 17.9 Å². The van der Waals surface area contributed by atoms with Gasteiger partial charge in [0, 0.05) is 5.69 Å². The fraction of sp³-hybridized carbons (Fsp3) is 0.0769. The van der Waals surface area contributed by atoms with Gasteiger partial charge in [-0.1, -0.05) is 12.1 Å². The first-order valence-electron chi connectivity index (χ1n) is 5.16. The molecule has 2 rings (SSSR count). The lowest BCUT2D eigenvalue weighted by Gasteiger charge is -2.13. The van der Waals surface area contributed by atoms with E-state index in [1.807, 2.05) is 0 Å². The summed E-state index contributed by atoms with van der Waals surface area (Å²) in [4.78, 5) is 0. The van der Waals surface area contributed by atoms with Crippen LogP contribution >= 0.6 is 0 Å². The topological polar surface area (TPSA) is 35.2 Å². The van der Waals surface area contributed by atoms with Gasteiger partial charge >= 0.3 is 6.18 Å². The fourth-order valence-electron chi connectivity index (χ4n) is 1.45. The summed E-state index contributed by atoms with van der Waals surface area (Å²) in [7, 11) is 0. The quantitative estimate of drug-likeness (QED) is 0.818. The Morgan fingerprint density at radius 1 is 0.889 bits per heavy atom. The minimum atomic E-state index is -4.44. The van der Waals surface area contributed by atoms with Gasteiger partial charge < -0.3 is 10.5 Å². The van der Waals surface area contributed by atoms with Gasteiger partial charge in [0.1, 0.15) is 11.5 Å². The number of nitrogen functional groups attached to an aromatic ring is 1. The van der Waals surface area contributed by atoms with Crippen molar-refractivity contribution in [2.24, 2.45) is 0 Å². The largest absolute Gasteiger partial charge is 0.457 e. The average Bonchev–Trinajstić information content (AvgIpc) is 2.31. The molecule has 0 aliphatic heterocycles. The molecular formula is C13H10F3NO. The van der Waals surface area contributed by atoms with E-state index in [-0.39, 0.29) is 5.75 Å². The monoisotopic (exact) mass is 253 g/mol. The normalized spacial score (nSPS) is 11.3. The molecule has 0 aliphatic rings. The van der Waals surface area contributed by atoms with Crippen LogP contribution in [0.3, 0.4) is 0 Å². The Hall–Kier alpha value is -2.17. The van der Waals surface area contributed by atoms with Gasteiger partial charge in [-0.2, -0.15) is 13.2 Å². The lowest BCUT2D eigenvalue weighted by atomic mass is 10.2. The highest BCUT2D eigenvalue weighted by Gasteiger charge is 2.34. The predicted molar refractivity (Wildman–Crippen MR) is 62.4 cm³/mol. The summed E-state index contributed by atoms with van der Waals surface area (Å²) in [5.41, 5.74) is 5.20. The number of anilines is 1. The van der Waals surface area contributed by atoms with E-state index in [1.54, 1.807) is 12.1 Å². The average molecular weight is 253 g/mol. The van der Waals surface area contributed by atoms with Crippen molar-refractivity contribution in [2.75, 3.05) is 5.73 Å². The van der Waals surface area contributed by atoms with E-state index < -0.39 is 11.7 Å². The van der Waals surface area contributed by atoms with Crippen LogP contribution in [0.4, 0.5) is 18.9 Å². The molecule has 2 nitrogen and oxygen atoms in total. The molecule has 0 fully saturated rings. The predicted octanol–water partition coefficient (Wildman–Crippen LogP) is 4.08. The highest BCUT2D eigenvalue weighted by Crippen LogP contribution is 2.37. The van der Waals surface area contributed by atoms with E-state index in [2.05, 4.69) is 0 Å². The van der Waals surface area contributed by atoms with Crippen LogP contribution in [0.5, 0.6) is 11.5 Å².